The molecule has 2 unspecified atom stereocenters. The summed E-state index contributed by atoms with van der Waals surface area (Å²) in [5, 5.41) is 8.66. The van der Waals surface area contributed by atoms with Crippen LogP contribution in [0.2, 0.25) is 0 Å². The summed E-state index contributed by atoms with van der Waals surface area (Å²) in [5.41, 5.74) is 2.25. The van der Waals surface area contributed by atoms with Gasteiger partial charge in [-0.3, -0.25) is 0 Å². The zero-order valence-electron chi connectivity index (χ0n) is 10.3. The molecule has 0 spiro atoms. The molecule has 1 N–H and O–H groups in total. The molecule has 92 valence electrons. The average Bonchev–Trinajstić information content (AvgIpc) is 2.52. The van der Waals surface area contributed by atoms with Crippen LogP contribution in [0.15, 0.2) is 18.2 Å². The summed E-state index contributed by atoms with van der Waals surface area (Å²) >= 11 is 0. The number of benzene rings is 1. The average molecular weight is 235 g/mol. The van der Waals surface area contributed by atoms with Crippen LogP contribution in [0.5, 0.6) is 5.75 Å². The smallest absolute Gasteiger partial charge is 0.341 e. The second-order valence-electron chi connectivity index (χ2n) is 4.51. The van der Waals surface area contributed by atoms with Gasteiger partial charge in [0.15, 0.2) is 6.61 Å². The monoisotopic (exact) mass is 235 g/mol. The minimum atomic E-state index is -0.949. The molecular weight excluding hydrogens is 218 g/mol. The third-order valence-electron chi connectivity index (χ3n) is 3.56. The van der Waals surface area contributed by atoms with Gasteiger partial charge in [0.1, 0.15) is 5.75 Å². The third-order valence-corrected chi connectivity index (χ3v) is 3.56. The molecule has 0 bridgehead atoms. The zero-order valence-corrected chi connectivity index (χ0v) is 10.3. The van der Waals surface area contributed by atoms with Gasteiger partial charge in [-0.2, -0.15) is 0 Å². The Hall–Kier alpha value is -1.71. The molecule has 0 amide bonds. The number of hydrogen-bond donors (Lipinski definition) is 1. The molecule has 0 radical (unpaired) electrons. The Kier molecular flexibility index (Phi) is 2.96. The molecule has 4 nitrogen and oxygen atoms in total. The molecule has 1 aromatic rings. The molecule has 4 heteroatoms. The minimum Gasteiger partial charge on any atom is -0.482 e. The first kappa shape index (κ1) is 11.8. The maximum absolute atomic E-state index is 10.5. The molecule has 1 heterocycles. The quantitative estimate of drug-likeness (QED) is 0.871. The van der Waals surface area contributed by atoms with Crippen molar-refractivity contribution in [1.82, 2.24) is 0 Å². The van der Waals surface area contributed by atoms with Crippen molar-refractivity contribution in [3.8, 4) is 5.75 Å². The Balaban J connectivity index is 2.34. The SMILES string of the molecule is CC1c2c(OCC(=O)O)cccc2N(C)C1C. The van der Waals surface area contributed by atoms with Crippen LogP contribution in [-0.2, 0) is 4.79 Å². The van der Waals surface area contributed by atoms with Crippen molar-refractivity contribution in [3.05, 3.63) is 23.8 Å². The first-order chi connectivity index (χ1) is 8.02. The highest BCUT2D eigenvalue weighted by molar-refractivity contribution is 5.70. The van der Waals surface area contributed by atoms with Crippen LogP contribution in [0.1, 0.15) is 25.3 Å². The minimum absolute atomic E-state index is 0.290. The van der Waals surface area contributed by atoms with Crippen molar-refractivity contribution in [2.75, 3.05) is 18.6 Å². The third kappa shape index (κ3) is 1.95. The molecule has 1 aliphatic rings. The Morgan fingerprint density at radius 3 is 2.82 bits per heavy atom. The van der Waals surface area contributed by atoms with E-state index in [4.69, 9.17) is 9.84 Å². The number of hydrogen-bond acceptors (Lipinski definition) is 3. The number of ether oxygens (including phenoxy) is 1. The molecule has 0 aliphatic carbocycles. The van der Waals surface area contributed by atoms with Gasteiger partial charge in [0.05, 0.1) is 0 Å². The lowest BCUT2D eigenvalue weighted by Crippen LogP contribution is -2.25. The first-order valence-electron chi connectivity index (χ1n) is 5.72. The van der Waals surface area contributed by atoms with Crippen LogP contribution in [0.3, 0.4) is 0 Å². The van der Waals surface area contributed by atoms with Crippen LogP contribution < -0.4 is 9.64 Å². The number of aliphatic carboxylic acids is 1. The highest BCUT2D eigenvalue weighted by Crippen LogP contribution is 2.44. The van der Waals surface area contributed by atoms with Gasteiger partial charge >= 0.3 is 5.97 Å². The lowest BCUT2D eigenvalue weighted by atomic mass is 9.97. The maximum atomic E-state index is 10.5. The fraction of sp³-hybridized carbons (Fsp3) is 0.462. The number of rotatable bonds is 3. The summed E-state index contributed by atoms with van der Waals surface area (Å²) < 4.78 is 5.35. The summed E-state index contributed by atoms with van der Waals surface area (Å²) in [5.74, 6) is 0.0863. The lowest BCUT2D eigenvalue weighted by molar-refractivity contribution is -0.139. The van der Waals surface area contributed by atoms with E-state index in [1.54, 1.807) is 0 Å². The van der Waals surface area contributed by atoms with Crippen LogP contribution in [0.25, 0.3) is 0 Å². The summed E-state index contributed by atoms with van der Waals surface area (Å²) in [4.78, 5) is 12.7. The zero-order chi connectivity index (χ0) is 12.6. The Morgan fingerprint density at radius 2 is 2.18 bits per heavy atom. The predicted molar refractivity (Wildman–Crippen MR) is 65.9 cm³/mol. The normalized spacial score (nSPS) is 22.4. The summed E-state index contributed by atoms with van der Waals surface area (Å²) in [6.45, 7) is 4.01. The van der Waals surface area contributed by atoms with Gasteiger partial charge in [0.25, 0.3) is 0 Å². The fourth-order valence-corrected chi connectivity index (χ4v) is 2.36. The van der Waals surface area contributed by atoms with Gasteiger partial charge in [-0.15, -0.1) is 0 Å². The Morgan fingerprint density at radius 1 is 1.47 bits per heavy atom. The molecule has 2 atom stereocenters. The van der Waals surface area contributed by atoms with E-state index in [-0.39, 0.29) is 6.61 Å². The lowest BCUT2D eigenvalue weighted by Gasteiger charge is -2.20. The number of likely N-dealkylation sites (N-methyl/N-ethyl adjacent to an activating group) is 1. The second-order valence-corrected chi connectivity index (χ2v) is 4.51. The number of carbonyl (C=O) groups is 1. The van der Waals surface area contributed by atoms with Crippen LogP contribution in [-0.4, -0.2) is 30.8 Å². The molecule has 17 heavy (non-hydrogen) atoms. The number of carboxylic acids is 1. The van der Waals surface area contributed by atoms with Gasteiger partial charge < -0.3 is 14.7 Å². The van der Waals surface area contributed by atoms with E-state index in [1.165, 1.54) is 0 Å². The van der Waals surface area contributed by atoms with Crippen molar-refractivity contribution in [2.45, 2.75) is 25.8 Å². The Bertz CT molecular complexity index is 444. The van der Waals surface area contributed by atoms with E-state index < -0.39 is 5.97 Å². The van der Waals surface area contributed by atoms with Gasteiger partial charge in [-0.25, -0.2) is 4.79 Å². The Labute approximate surface area is 101 Å². The van der Waals surface area contributed by atoms with Gasteiger partial charge in [0, 0.05) is 30.3 Å². The van der Waals surface area contributed by atoms with Crippen LogP contribution in [0, 0.1) is 0 Å². The molecule has 0 saturated carbocycles. The molecular formula is C13H17NO3. The molecule has 1 aromatic carbocycles. The molecule has 0 aromatic heterocycles. The summed E-state index contributed by atoms with van der Waals surface area (Å²) in [6, 6.07) is 6.18. The standard InChI is InChI=1S/C13H17NO3/c1-8-9(2)14(3)10-5-4-6-11(13(8)10)17-7-12(15)16/h4-6,8-9H,7H2,1-3H3,(H,15,16). The van der Waals surface area contributed by atoms with E-state index in [0.29, 0.717) is 17.7 Å². The number of nitrogens with zero attached hydrogens (tertiary/aromatic N) is 1. The topological polar surface area (TPSA) is 49.8 Å². The van der Waals surface area contributed by atoms with Crippen molar-refractivity contribution < 1.29 is 14.6 Å². The van der Waals surface area contributed by atoms with Gasteiger partial charge in [0.2, 0.25) is 0 Å². The fourth-order valence-electron chi connectivity index (χ4n) is 2.36. The van der Waals surface area contributed by atoms with Crippen LogP contribution >= 0.6 is 0 Å². The van der Waals surface area contributed by atoms with E-state index in [1.807, 2.05) is 25.2 Å². The van der Waals surface area contributed by atoms with Crippen molar-refractivity contribution in [3.63, 3.8) is 0 Å². The number of carboxylic acid groups (broad SMARTS) is 1. The predicted octanol–water partition coefficient (Wildman–Crippen LogP) is 2.09. The highest BCUT2D eigenvalue weighted by Gasteiger charge is 2.32. The van der Waals surface area contributed by atoms with E-state index in [9.17, 15) is 4.79 Å². The largest absolute Gasteiger partial charge is 0.482 e. The molecule has 1 aliphatic heterocycles. The van der Waals surface area contributed by atoms with E-state index in [0.717, 1.165) is 11.3 Å². The van der Waals surface area contributed by atoms with Crippen molar-refractivity contribution in [2.24, 2.45) is 0 Å². The van der Waals surface area contributed by atoms with E-state index in [2.05, 4.69) is 18.7 Å². The molecule has 0 saturated heterocycles. The van der Waals surface area contributed by atoms with Gasteiger partial charge in [-0.05, 0) is 19.1 Å². The van der Waals surface area contributed by atoms with Gasteiger partial charge in [-0.1, -0.05) is 13.0 Å². The highest BCUT2D eigenvalue weighted by atomic mass is 16.5. The summed E-state index contributed by atoms with van der Waals surface area (Å²) in [7, 11) is 2.05. The second kappa shape index (κ2) is 4.28. The molecule has 2 rings (SSSR count). The maximum Gasteiger partial charge on any atom is 0.341 e. The summed E-state index contributed by atoms with van der Waals surface area (Å²) in [6.07, 6.45) is 0. The van der Waals surface area contributed by atoms with Crippen LogP contribution in [0.4, 0.5) is 5.69 Å². The number of fused-ring (bicyclic) bond motifs is 1. The first-order valence-corrected chi connectivity index (χ1v) is 5.72. The molecule has 0 fully saturated rings. The van der Waals surface area contributed by atoms with Crippen molar-refractivity contribution in [1.29, 1.82) is 0 Å². The van der Waals surface area contributed by atoms with Crippen molar-refractivity contribution >= 4 is 11.7 Å². The number of anilines is 1. The van der Waals surface area contributed by atoms with E-state index >= 15 is 0 Å².